The van der Waals surface area contributed by atoms with Gasteiger partial charge in [-0.15, -0.1) is 29.3 Å². The first-order valence-corrected chi connectivity index (χ1v) is 19.8. The number of carbonyl (C=O) groups is 1. The molecule has 0 saturated heterocycles. The molecule has 2 aliphatic carbocycles. The SMILES string of the molecule is CC(C)(C)c1cccc2nc(-c3[c-]ccc4c3C(C)(C)C3=C4C(C)(C)c4ccccc43)c3ccccc3c12.CCC(CC)C(=O)/C=C(\O)C(CC)CC.[Ir]. The summed E-state index contributed by atoms with van der Waals surface area (Å²) < 4.78 is 0. The molecule has 0 aliphatic heterocycles. The summed E-state index contributed by atoms with van der Waals surface area (Å²) in [4.78, 5) is 17.1. The predicted molar refractivity (Wildman–Crippen MR) is 225 cm³/mol. The number of rotatable bonds is 8. The molecule has 1 aromatic heterocycles. The van der Waals surface area contributed by atoms with Crippen molar-refractivity contribution in [1.82, 2.24) is 4.98 Å². The van der Waals surface area contributed by atoms with E-state index in [1.807, 2.05) is 27.7 Å². The molecule has 7 rings (SSSR count). The summed E-state index contributed by atoms with van der Waals surface area (Å²) >= 11 is 0. The Labute approximate surface area is 337 Å². The maximum absolute atomic E-state index is 11.7. The summed E-state index contributed by atoms with van der Waals surface area (Å²) in [5.41, 5.74) is 12.9. The van der Waals surface area contributed by atoms with Crippen LogP contribution in [0.15, 0.2) is 90.7 Å². The van der Waals surface area contributed by atoms with Crippen molar-refractivity contribution in [3.8, 4) is 11.3 Å². The fraction of sp³-hybridized carbons (Fsp3) is 0.400. The van der Waals surface area contributed by atoms with Crippen molar-refractivity contribution >= 4 is 38.6 Å². The van der Waals surface area contributed by atoms with Crippen LogP contribution in [0.3, 0.4) is 0 Å². The topological polar surface area (TPSA) is 50.2 Å². The Kier molecular flexibility index (Phi) is 12.0. The van der Waals surface area contributed by atoms with Gasteiger partial charge in [-0.05, 0) is 86.9 Å². The molecule has 0 saturated carbocycles. The quantitative estimate of drug-likeness (QED) is 0.0731. The van der Waals surface area contributed by atoms with E-state index in [-0.39, 0.29) is 59.7 Å². The summed E-state index contributed by atoms with van der Waals surface area (Å²) in [6.07, 6.45) is 4.91. The Morgan fingerprint density at radius 3 is 1.98 bits per heavy atom. The number of hydrogen-bond acceptors (Lipinski definition) is 3. The molecule has 2 aliphatic rings. The Morgan fingerprint density at radius 2 is 1.35 bits per heavy atom. The van der Waals surface area contributed by atoms with Crippen molar-refractivity contribution < 1.29 is 30.0 Å². The number of ketones is 1. The Bertz CT molecular complexity index is 2260. The van der Waals surface area contributed by atoms with Crippen LogP contribution >= 0.6 is 0 Å². The Morgan fingerprint density at radius 1 is 0.759 bits per heavy atom. The van der Waals surface area contributed by atoms with Gasteiger partial charge in [-0.3, -0.25) is 9.78 Å². The molecule has 0 unspecified atom stereocenters. The van der Waals surface area contributed by atoms with Crippen molar-refractivity contribution in [3.63, 3.8) is 0 Å². The monoisotopic (exact) mass is 897 g/mol. The third kappa shape index (κ3) is 6.94. The third-order valence-electron chi connectivity index (χ3n) is 12.1. The molecule has 5 aromatic rings. The largest absolute Gasteiger partial charge is 0.512 e. The van der Waals surface area contributed by atoms with E-state index in [2.05, 4.69) is 133 Å². The van der Waals surface area contributed by atoms with E-state index in [9.17, 15) is 9.90 Å². The van der Waals surface area contributed by atoms with E-state index in [0.29, 0.717) is 0 Å². The average molecular weight is 897 g/mol. The second-order valence-electron chi connectivity index (χ2n) is 17.1. The molecule has 4 aromatic carbocycles. The molecule has 0 spiro atoms. The number of allylic oxidation sites excluding steroid dienone is 4. The van der Waals surface area contributed by atoms with Crippen LogP contribution in [0.2, 0.25) is 0 Å². The standard InChI is InChI=1S/C37H34N.C13H24O2.Ir/c1-35(2,3)28-20-13-21-29-30(28)22-14-8-9-15-23(22)34(38-29)26-18-12-17-25-31(26)37(6,7)32-24-16-10-11-19-27(24)36(4,5)33(25)32;1-5-10(6-2)12(14)9-13(15)11(7-3)8-4;/h8-17,19-21H,1-7H3;9-11,14H,5-8H2,1-4H3;/q-1;;/b;12-9-;. The van der Waals surface area contributed by atoms with Crippen LogP contribution in [0, 0.1) is 17.9 Å². The first-order chi connectivity index (χ1) is 25.1. The zero-order valence-corrected chi connectivity index (χ0v) is 36.6. The van der Waals surface area contributed by atoms with E-state index < -0.39 is 0 Å². The molecule has 0 atom stereocenters. The minimum Gasteiger partial charge on any atom is -0.512 e. The van der Waals surface area contributed by atoms with Gasteiger partial charge in [-0.2, -0.15) is 0 Å². The number of carbonyl (C=O) groups excluding carboxylic acids is 1. The van der Waals surface area contributed by atoms with Crippen molar-refractivity contribution in [1.29, 1.82) is 0 Å². The van der Waals surface area contributed by atoms with Crippen molar-refractivity contribution in [2.24, 2.45) is 11.8 Å². The molecule has 0 bridgehead atoms. The van der Waals surface area contributed by atoms with Gasteiger partial charge in [0, 0.05) is 48.8 Å². The molecule has 4 heteroatoms. The van der Waals surface area contributed by atoms with Crippen LogP contribution in [0.25, 0.3) is 44.1 Å². The number of pyridine rings is 1. The van der Waals surface area contributed by atoms with Gasteiger partial charge in [0.1, 0.15) is 0 Å². The Balaban J connectivity index is 0.000000301. The number of hydrogen-bond donors (Lipinski definition) is 1. The molecule has 3 nitrogen and oxygen atoms in total. The van der Waals surface area contributed by atoms with E-state index in [0.717, 1.165) is 42.5 Å². The number of aromatic nitrogens is 1. The fourth-order valence-electron chi connectivity index (χ4n) is 9.22. The van der Waals surface area contributed by atoms with E-state index >= 15 is 0 Å². The normalized spacial score (nSPS) is 15.5. The smallest absolute Gasteiger partial charge is 0.162 e. The maximum atomic E-state index is 11.7. The van der Waals surface area contributed by atoms with Crippen LogP contribution in [-0.4, -0.2) is 15.9 Å². The minimum absolute atomic E-state index is 0. The second-order valence-corrected chi connectivity index (χ2v) is 17.1. The first-order valence-electron chi connectivity index (χ1n) is 19.8. The molecule has 285 valence electrons. The van der Waals surface area contributed by atoms with Gasteiger partial charge in [-0.1, -0.05) is 142 Å². The third-order valence-corrected chi connectivity index (χ3v) is 12.1. The van der Waals surface area contributed by atoms with Gasteiger partial charge in [0.05, 0.1) is 11.3 Å². The van der Waals surface area contributed by atoms with Gasteiger partial charge in [0.15, 0.2) is 5.78 Å². The number of benzene rings is 4. The predicted octanol–water partition coefficient (Wildman–Crippen LogP) is 13.5. The van der Waals surface area contributed by atoms with Crippen LogP contribution in [0.4, 0.5) is 0 Å². The molecule has 1 N–H and O–H groups in total. The van der Waals surface area contributed by atoms with Crippen molar-refractivity contribution in [2.75, 3.05) is 0 Å². The summed E-state index contributed by atoms with van der Waals surface area (Å²) in [5, 5.41) is 13.5. The molecule has 1 heterocycles. The number of aliphatic hydroxyl groups excluding tert-OH is 1. The molecule has 0 fully saturated rings. The van der Waals surface area contributed by atoms with Gasteiger partial charge in [-0.25, -0.2) is 0 Å². The summed E-state index contributed by atoms with van der Waals surface area (Å²) in [5.74, 6) is 0.547. The van der Waals surface area contributed by atoms with Gasteiger partial charge in [0.2, 0.25) is 0 Å². The Hall–Kier alpha value is -3.85. The van der Waals surface area contributed by atoms with Crippen LogP contribution in [0.1, 0.15) is 130 Å². The first kappa shape index (κ1) is 41.3. The van der Waals surface area contributed by atoms with Gasteiger partial charge < -0.3 is 5.11 Å². The number of fused-ring (bicyclic) bond motifs is 7. The van der Waals surface area contributed by atoms with Crippen LogP contribution in [-0.2, 0) is 41.1 Å². The van der Waals surface area contributed by atoms with Crippen LogP contribution in [0.5, 0.6) is 0 Å². The zero-order valence-electron chi connectivity index (χ0n) is 34.2. The summed E-state index contributed by atoms with van der Waals surface area (Å²) in [7, 11) is 0. The van der Waals surface area contributed by atoms with E-state index in [1.165, 1.54) is 61.2 Å². The van der Waals surface area contributed by atoms with Crippen molar-refractivity contribution in [3.05, 3.63) is 125 Å². The summed E-state index contributed by atoms with van der Waals surface area (Å²) in [6.45, 7) is 24.5. The molecular weight excluding hydrogens is 839 g/mol. The summed E-state index contributed by atoms with van der Waals surface area (Å²) in [6, 6.07) is 32.5. The minimum atomic E-state index is -0.160. The number of aliphatic hydroxyl groups is 1. The molecule has 1 radical (unpaired) electrons. The maximum Gasteiger partial charge on any atom is 0.162 e. The molecule has 54 heavy (non-hydrogen) atoms. The molecule has 0 amide bonds. The van der Waals surface area contributed by atoms with Crippen molar-refractivity contribution in [2.45, 2.75) is 118 Å². The van der Waals surface area contributed by atoms with Gasteiger partial charge in [0.25, 0.3) is 0 Å². The average Bonchev–Trinajstić information content (AvgIpc) is 3.53. The van der Waals surface area contributed by atoms with E-state index in [1.54, 1.807) is 0 Å². The van der Waals surface area contributed by atoms with E-state index in [4.69, 9.17) is 4.98 Å². The van der Waals surface area contributed by atoms with Gasteiger partial charge >= 0.3 is 0 Å². The number of nitrogens with zero attached hydrogens (tertiary/aromatic N) is 1. The zero-order chi connectivity index (χ0) is 38.5. The van der Waals surface area contributed by atoms with Crippen LogP contribution < -0.4 is 0 Å². The fourth-order valence-corrected chi connectivity index (χ4v) is 9.22. The molecular formula is C50H58IrNO2-. The second kappa shape index (κ2) is 15.7.